The van der Waals surface area contributed by atoms with Crippen molar-refractivity contribution >= 4 is 5.78 Å². The Kier molecular flexibility index (Phi) is 32.9. The third-order valence-electron chi connectivity index (χ3n) is 0.417. The van der Waals surface area contributed by atoms with Gasteiger partial charge in [0.2, 0.25) is 0 Å². The number of aliphatic hydroxyl groups is 1. The molecule has 0 atom stereocenters. The van der Waals surface area contributed by atoms with Crippen molar-refractivity contribution in [1.82, 2.24) is 0 Å². The molecular weight excluding hydrogens is 156 g/mol. The molecule has 5 N–H and O–H groups in total. The molecule has 0 spiro atoms. The van der Waals surface area contributed by atoms with Crippen molar-refractivity contribution in [2.45, 2.75) is 27.2 Å². The number of nitrogens with two attached hydrogens (primary N) is 2. The van der Waals surface area contributed by atoms with Gasteiger partial charge in [-0.25, -0.2) is 0 Å². The Hall–Kier alpha value is -0.450. The standard InChI is InChI=1S/C3H7NO.C3H8.C2H7NO/c1-3(5)2-4;1-3-2;3-1-2-4/h2,4H2,1H3;3H2,1-2H3;4H,1-3H2. The van der Waals surface area contributed by atoms with Gasteiger partial charge < -0.3 is 16.6 Å². The zero-order valence-electron chi connectivity index (χ0n) is 8.34. The van der Waals surface area contributed by atoms with E-state index in [1.165, 1.54) is 13.3 Å². The van der Waals surface area contributed by atoms with Crippen LogP contribution in [0.1, 0.15) is 27.2 Å². The van der Waals surface area contributed by atoms with Crippen molar-refractivity contribution in [3.63, 3.8) is 0 Å². The van der Waals surface area contributed by atoms with Crippen molar-refractivity contribution in [2.75, 3.05) is 19.7 Å². The van der Waals surface area contributed by atoms with Crippen LogP contribution in [0.2, 0.25) is 0 Å². The average molecular weight is 178 g/mol. The number of ketones is 1. The second kappa shape index (κ2) is 22.4. The van der Waals surface area contributed by atoms with Gasteiger partial charge in [0, 0.05) is 6.54 Å². The lowest BCUT2D eigenvalue weighted by Crippen LogP contribution is -2.07. The molecule has 12 heavy (non-hydrogen) atoms. The van der Waals surface area contributed by atoms with Crippen LogP contribution in [0.15, 0.2) is 0 Å². The van der Waals surface area contributed by atoms with Crippen molar-refractivity contribution in [3.05, 3.63) is 0 Å². The van der Waals surface area contributed by atoms with E-state index in [0.29, 0.717) is 6.54 Å². The molecule has 0 saturated carbocycles. The van der Waals surface area contributed by atoms with Crippen molar-refractivity contribution in [1.29, 1.82) is 0 Å². The summed E-state index contributed by atoms with van der Waals surface area (Å²) in [6.45, 7) is 6.35. The molecule has 4 nitrogen and oxygen atoms in total. The summed E-state index contributed by atoms with van der Waals surface area (Å²) in [6.07, 6.45) is 1.25. The minimum Gasteiger partial charge on any atom is -0.395 e. The quantitative estimate of drug-likeness (QED) is 0.550. The monoisotopic (exact) mass is 178 g/mol. The van der Waals surface area contributed by atoms with Crippen LogP contribution in [0.5, 0.6) is 0 Å². The molecular formula is C8H22N2O2. The van der Waals surface area contributed by atoms with Crippen LogP contribution >= 0.6 is 0 Å². The van der Waals surface area contributed by atoms with E-state index in [9.17, 15) is 4.79 Å². The summed E-state index contributed by atoms with van der Waals surface area (Å²) in [5, 5.41) is 7.75. The number of carbonyl (C=O) groups excluding carboxylic acids is 1. The summed E-state index contributed by atoms with van der Waals surface area (Å²) < 4.78 is 0. The summed E-state index contributed by atoms with van der Waals surface area (Å²) in [4.78, 5) is 9.69. The van der Waals surface area contributed by atoms with Crippen molar-refractivity contribution in [3.8, 4) is 0 Å². The van der Waals surface area contributed by atoms with Gasteiger partial charge in [-0.2, -0.15) is 0 Å². The summed E-state index contributed by atoms with van der Waals surface area (Å²) >= 11 is 0. The predicted octanol–water partition coefficient (Wildman–Crippen LogP) is -0.112. The molecule has 0 aromatic rings. The number of Topliss-reactive ketones (excluding diaryl/α,β-unsaturated/α-hetero) is 1. The van der Waals surface area contributed by atoms with Gasteiger partial charge >= 0.3 is 0 Å². The molecule has 0 aliphatic heterocycles. The van der Waals surface area contributed by atoms with Crippen LogP contribution in [-0.4, -0.2) is 30.6 Å². The molecule has 0 fully saturated rings. The van der Waals surface area contributed by atoms with Gasteiger partial charge in [0.15, 0.2) is 0 Å². The van der Waals surface area contributed by atoms with Gasteiger partial charge in [0.1, 0.15) is 5.78 Å². The fourth-order valence-electron chi connectivity index (χ4n) is 0. The maximum Gasteiger partial charge on any atom is 0.143 e. The van der Waals surface area contributed by atoms with E-state index < -0.39 is 0 Å². The highest BCUT2D eigenvalue weighted by molar-refractivity contribution is 5.77. The molecule has 0 heterocycles. The minimum absolute atomic E-state index is 0.0324. The number of rotatable bonds is 2. The number of aliphatic hydroxyl groups excluding tert-OH is 1. The van der Waals surface area contributed by atoms with Crippen molar-refractivity contribution in [2.24, 2.45) is 11.5 Å². The second-order valence-electron chi connectivity index (χ2n) is 2.13. The molecule has 0 aromatic heterocycles. The lowest BCUT2D eigenvalue weighted by molar-refractivity contribution is -0.115. The molecule has 0 amide bonds. The summed E-state index contributed by atoms with van der Waals surface area (Å²) in [5.74, 6) is 0.0324. The summed E-state index contributed by atoms with van der Waals surface area (Å²) in [5.41, 5.74) is 9.60. The highest BCUT2D eigenvalue weighted by Crippen LogP contribution is 1.56. The van der Waals surface area contributed by atoms with E-state index >= 15 is 0 Å². The first kappa shape index (κ1) is 17.6. The molecule has 0 saturated heterocycles. The van der Waals surface area contributed by atoms with E-state index in [1.54, 1.807) is 0 Å². The molecule has 0 aromatic carbocycles. The molecule has 0 bridgehead atoms. The molecule has 0 rings (SSSR count). The third-order valence-corrected chi connectivity index (χ3v) is 0.417. The third kappa shape index (κ3) is 107. The van der Waals surface area contributed by atoms with E-state index in [-0.39, 0.29) is 18.9 Å². The van der Waals surface area contributed by atoms with Crippen LogP contribution in [0.4, 0.5) is 0 Å². The number of carbonyl (C=O) groups is 1. The summed E-state index contributed by atoms with van der Waals surface area (Å²) in [7, 11) is 0. The lowest BCUT2D eigenvalue weighted by Gasteiger charge is -1.73. The molecule has 76 valence electrons. The molecule has 0 radical (unpaired) electrons. The first-order chi connectivity index (χ1) is 5.60. The maximum atomic E-state index is 9.69. The van der Waals surface area contributed by atoms with Gasteiger partial charge in [-0.1, -0.05) is 20.3 Å². The first-order valence-electron chi connectivity index (χ1n) is 4.10. The Morgan fingerprint density at radius 3 is 1.50 bits per heavy atom. The maximum absolute atomic E-state index is 9.69. The second-order valence-corrected chi connectivity index (χ2v) is 2.13. The fraction of sp³-hybridized carbons (Fsp3) is 0.875. The average Bonchev–Trinajstić information content (AvgIpc) is 2.06. The number of hydrogen-bond acceptors (Lipinski definition) is 4. The van der Waals surface area contributed by atoms with Gasteiger partial charge in [-0.15, -0.1) is 0 Å². The first-order valence-corrected chi connectivity index (χ1v) is 4.10. The van der Waals surface area contributed by atoms with Crippen LogP contribution in [0, 0.1) is 0 Å². The van der Waals surface area contributed by atoms with E-state index in [2.05, 4.69) is 13.8 Å². The Balaban J connectivity index is -0.000000105. The van der Waals surface area contributed by atoms with Crippen LogP contribution < -0.4 is 11.5 Å². The Morgan fingerprint density at radius 2 is 1.50 bits per heavy atom. The van der Waals surface area contributed by atoms with Crippen LogP contribution in [0.25, 0.3) is 0 Å². The highest BCUT2D eigenvalue weighted by atomic mass is 16.3. The van der Waals surface area contributed by atoms with E-state index in [0.717, 1.165) is 0 Å². The predicted molar refractivity (Wildman–Crippen MR) is 51.8 cm³/mol. The topological polar surface area (TPSA) is 89.3 Å². The largest absolute Gasteiger partial charge is 0.395 e. The minimum atomic E-state index is 0.0324. The SMILES string of the molecule is CC(=O)CN.CCC.NCCO. The molecule has 0 aliphatic carbocycles. The summed E-state index contributed by atoms with van der Waals surface area (Å²) in [6, 6.07) is 0. The Labute approximate surface area is 74.9 Å². The van der Waals surface area contributed by atoms with Crippen LogP contribution in [-0.2, 0) is 4.79 Å². The molecule has 0 unspecified atom stereocenters. The Morgan fingerprint density at radius 1 is 1.33 bits per heavy atom. The van der Waals surface area contributed by atoms with Gasteiger partial charge in [-0.3, -0.25) is 4.79 Å². The van der Waals surface area contributed by atoms with E-state index in [1.807, 2.05) is 0 Å². The normalized spacial score (nSPS) is 7.17. The zero-order valence-corrected chi connectivity index (χ0v) is 8.34. The fourth-order valence-corrected chi connectivity index (χ4v) is 0. The Bertz CT molecular complexity index is 75.5. The van der Waals surface area contributed by atoms with Crippen LogP contribution in [0.3, 0.4) is 0 Å². The van der Waals surface area contributed by atoms with Gasteiger partial charge in [0.05, 0.1) is 13.2 Å². The smallest absolute Gasteiger partial charge is 0.143 e. The zero-order chi connectivity index (χ0) is 10.4. The lowest BCUT2D eigenvalue weighted by atomic mass is 10.5. The molecule has 0 aliphatic rings. The highest BCUT2D eigenvalue weighted by Gasteiger charge is 1.76. The number of hydrogen-bond donors (Lipinski definition) is 3. The van der Waals surface area contributed by atoms with Crippen molar-refractivity contribution < 1.29 is 9.90 Å². The van der Waals surface area contributed by atoms with E-state index in [4.69, 9.17) is 16.6 Å². The molecule has 4 heteroatoms. The van der Waals surface area contributed by atoms with Gasteiger partial charge in [-0.05, 0) is 6.92 Å². The van der Waals surface area contributed by atoms with Gasteiger partial charge in [0.25, 0.3) is 0 Å².